The zero-order valence-electron chi connectivity index (χ0n) is 23.1. The smallest absolute Gasteiger partial charge is 0.102 e. The van der Waals surface area contributed by atoms with Gasteiger partial charge in [0.2, 0.25) is 0 Å². The fourth-order valence-corrected chi connectivity index (χ4v) is 6.41. The summed E-state index contributed by atoms with van der Waals surface area (Å²) < 4.78 is 2.34. The lowest BCUT2D eigenvalue weighted by molar-refractivity contribution is 0.654. The van der Waals surface area contributed by atoms with E-state index >= 15 is 0 Å². The van der Waals surface area contributed by atoms with E-state index in [0.29, 0.717) is 0 Å². The van der Waals surface area contributed by atoms with Gasteiger partial charge < -0.3 is 9.88 Å². The number of para-hydroxylation sites is 1. The van der Waals surface area contributed by atoms with Crippen LogP contribution in [-0.4, -0.2) is 4.57 Å². The highest BCUT2D eigenvalue weighted by atomic mass is 32.1. The standard InChI is InChI=1S/C32H32N2S.C2H6/c1-7-12-26-21(4)25-20-22(16-17-27(25)32(26,5)6)33-30-18-19-31(35-30)34-28(13-8-2)23(9-3)24-14-10-11-15-29(24)34;1-2/h7-20,33H,3H2,1-2,4-6H3;1-2H3/b12-7-,13-8-;. The summed E-state index contributed by atoms with van der Waals surface area (Å²) in [5, 5.41) is 7.19. The first-order chi connectivity index (χ1) is 17.9. The topological polar surface area (TPSA) is 17.0 Å². The van der Waals surface area contributed by atoms with Crippen molar-refractivity contribution in [1.29, 1.82) is 0 Å². The average molecular weight is 507 g/mol. The fraction of sp³-hybridized carbons (Fsp3) is 0.235. The van der Waals surface area contributed by atoms with Crippen LogP contribution in [0.4, 0.5) is 10.7 Å². The molecule has 37 heavy (non-hydrogen) atoms. The molecule has 2 aromatic carbocycles. The molecule has 0 atom stereocenters. The summed E-state index contributed by atoms with van der Waals surface area (Å²) >= 11 is 1.76. The third-order valence-electron chi connectivity index (χ3n) is 7.07. The quantitative estimate of drug-likeness (QED) is 0.275. The van der Waals surface area contributed by atoms with Gasteiger partial charge in [-0.05, 0) is 79.5 Å². The number of nitrogens with zero attached hydrogens (tertiary/aromatic N) is 1. The Hall–Kier alpha value is -3.56. The highest BCUT2D eigenvalue weighted by Crippen LogP contribution is 2.47. The molecule has 1 aliphatic carbocycles. The van der Waals surface area contributed by atoms with Crippen LogP contribution in [0.25, 0.3) is 33.6 Å². The number of allylic oxidation sites excluding steroid dienone is 5. The monoisotopic (exact) mass is 506 g/mol. The molecule has 2 heterocycles. The maximum Gasteiger partial charge on any atom is 0.102 e. The molecular weight excluding hydrogens is 468 g/mol. The van der Waals surface area contributed by atoms with Crippen molar-refractivity contribution in [3.63, 3.8) is 0 Å². The minimum atomic E-state index is 0.0299. The van der Waals surface area contributed by atoms with Gasteiger partial charge in [0, 0.05) is 22.1 Å². The summed E-state index contributed by atoms with van der Waals surface area (Å²) in [6.07, 6.45) is 10.6. The molecule has 2 aromatic heterocycles. The lowest BCUT2D eigenvalue weighted by atomic mass is 9.81. The SMILES string of the molecule is C=Cc1c(/C=C\C)n(-c2ccc(Nc3ccc4c(c3)C(C)=C(/C=C\C)C4(C)C)s2)c2ccccc12.CC. The van der Waals surface area contributed by atoms with Gasteiger partial charge in [-0.25, -0.2) is 0 Å². The van der Waals surface area contributed by atoms with E-state index in [0.717, 1.165) is 16.4 Å². The Morgan fingerprint density at radius 3 is 2.38 bits per heavy atom. The Labute approximate surface area is 226 Å². The fourth-order valence-electron chi connectivity index (χ4n) is 5.45. The van der Waals surface area contributed by atoms with Gasteiger partial charge in [-0.3, -0.25) is 0 Å². The number of thiophene rings is 1. The molecule has 1 N–H and O–H groups in total. The van der Waals surface area contributed by atoms with Crippen molar-refractivity contribution in [2.75, 3.05) is 5.32 Å². The largest absolute Gasteiger partial charge is 0.347 e. The number of hydrogen-bond acceptors (Lipinski definition) is 2. The van der Waals surface area contributed by atoms with E-state index in [4.69, 9.17) is 0 Å². The summed E-state index contributed by atoms with van der Waals surface area (Å²) in [6, 6.07) is 19.7. The maximum absolute atomic E-state index is 4.09. The molecule has 0 radical (unpaired) electrons. The van der Waals surface area contributed by atoms with Gasteiger partial charge in [-0.2, -0.15) is 0 Å². The molecule has 5 rings (SSSR count). The van der Waals surface area contributed by atoms with E-state index in [9.17, 15) is 0 Å². The molecule has 0 saturated heterocycles. The Morgan fingerprint density at radius 2 is 1.68 bits per heavy atom. The first-order valence-electron chi connectivity index (χ1n) is 13.2. The normalized spacial score (nSPS) is 14.4. The number of nitrogens with one attached hydrogen (secondary N) is 1. The van der Waals surface area contributed by atoms with E-state index in [1.54, 1.807) is 11.3 Å². The third-order valence-corrected chi connectivity index (χ3v) is 8.05. The minimum absolute atomic E-state index is 0.0299. The Balaban J connectivity index is 0.00000156. The van der Waals surface area contributed by atoms with Gasteiger partial charge in [-0.1, -0.05) is 82.8 Å². The summed E-state index contributed by atoms with van der Waals surface area (Å²) in [4.78, 5) is 0. The van der Waals surface area contributed by atoms with Crippen LogP contribution in [0.1, 0.15) is 70.9 Å². The second kappa shape index (κ2) is 10.8. The van der Waals surface area contributed by atoms with Crippen LogP contribution in [0, 0.1) is 0 Å². The molecular formula is C34H38N2S. The second-order valence-corrected chi connectivity index (χ2v) is 10.6. The first-order valence-corrected chi connectivity index (χ1v) is 14.0. The maximum atomic E-state index is 4.09. The predicted octanol–water partition coefficient (Wildman–Crippen LogP) is 10.8. The number of anilines is 2. The van der Waals surface area contributed by atoms with E-state index in [1.165, 1.54) is 43.7 Å². The lowest BCUT2D eigenvalue weighted by Crippen LogP contribution is -2.16. The second-order valence-electron chi connectivity index (χ2n) is 9.54. The van der Waals surface area contributed by atoms with Crippen molar-refractivity contribution in [2.24, 2.45) is 0 Å². The molecule has 4 aromatic rings. The van der Waals surface area contributed by atoms with Crippen molar-refractivity contribution >= 4 is 50.7 Å². The van der Waals surface area contributed by atoms with Crippen molar-refractivity contribution in [3.8, 4) is 5.00 Å². The van der Waals surface area contributed by atoms with Crippen molar-refractivity contribution < 1.29 is 0 Å². The van der Waals surface area contributed by atoms with Crippen LogP contribution in [0.3, 0.4) is 0 Å². The van der Waals surface area contributed by atoms with Gasteiger partial charge in [0.1, 0.15) is 5.00 Å². The minimum Gasteiger partial charge on any atom is -0.347 e. The number of rotatable bonds is 6. The van der Waals surface area contributed by atoms with Crippen LogP contribution in [0.15, 0.2) is 85.0 Å². The summed E-state index contributed by atoms with van der Waals surface area (Å²) in [5.74, 6) is 0. The zero-order chi connectivity index (χ0) is 26.7. The Morgan fingerprint density at radius 1 is 0.946 bits per heavy atom. The zero-order valence-corrected chi connectivity index (χ0v) is 24.0. The van der Waals surface area contributed by atoms with E-state index in [2.05, 4.69) is 130 Å². The molecule has 0 amide bonds. The van der Waals surface area contributed by atoms with Crippen molar-refractivity contribution in [3.05, 3.63) is 107 Å². The summed E-state index contributed by atoms with van der Waals surface area (Å²) in [5.41, 5.74) is 10.2. The third kappa shape index (κ3) is 4.53. The van der Waals surface area contributed by atoms with E-state index in [1.807, 2.05) is 19.9 Å². The Bertz CT molecular complexity index is 1540. The predicted molar refractivity (Wildman–Crippen MR) is 167 cm³/mol. The van der Waals surface area contributed by atoms with Crippen LogP contribution in [0.5, 0.6) is 0 Å². The van der Waals surface area contributed by atoms with Gasteiger partial charge in [0.05, 0.1) is 16.2 Å². The molecule has 0 saturated carbocycles. The van der Waals surface area contributed by atoms with Gasteiger partial charge in [0.15, 0.2) is 0 Å². The number of fused-ring (bicyclic) bond motifs is 2. The number of hydrogen-bond donors (Lipinski definition) is 1. The molecule has 0 fully saturated rings. The lowest BCUT2D eigenvalue weighted by Gasteiger charge is -2.23. The van der Waals surface area contributed by atoms with Crippen LogP contribution in [-0.2, 0) is 5.41 Å². The molecule has 0 aliphatic heterocycles. The van der Waals surface area contributed by atoms with E-state index in [-0.39, 0.29) is 5.41 Å². The van der Waals surface area contributed by atoms with Gasteiger partial charge in [0.25, 0.3) is 0 Å². The van der Waals surface area contributed by atoms with Gasteiger partial charge in [-0.15, -0.1) is 11.3 Å². The molecule has 190 valence electrons. The summed E-state index contributed by atoms with van der Waals surface area (Å²) in [6.45, 7) is 19.1. The molecule has 0 spiro atoms. The molecule has 1 aliphatic rings. The van der Waals surface area contributed by atoms with Crippen LogP contribution < -0.4 is 5.32 Å². The molecule has 2 nitrogen and oxygen atoms in total. The Kier molecular flexibility index (Phi) is 7.75. The highest BCUT2D eigenvalue weighted by Gasteiger charge is 2.34. The first kappa shape index (κ1) is 26.5. The molecule has 0 unspecified atom stereocenters. The van der Waals surface area contributed by atoms with Gasteiger partial charge >= 0.3 is 0 Å². The van der Waals surface area contributed by atoms with E-state index < -0.39 is 0 Å². The van der Waals surface area contributed by atoms with Crippen molar-refractivity contribution in [1.82, 2.24) is 4.57 Å². The van der Waals surface area contributed by atoms with Crippen LogP contribution in [0.2, 0.25) is 0 Å². The highest BCUT2D eigenvalue weighted by molar-refractivity contribution is 7.18. The molecule has 0 bridgehead atoms. The number of benzene rings is 2. The molecule has 3 heteroatoms. The summed E-state index contributed by atoms with van der Waals surface area (Å²) in [7, 11) is 0. The van der Waals surface area contributed by atoms with Crippen LogP contribution >= 0.6 is 11.3 Å². The number of aromatic nitrogens is 1. The average Bonchev–Trinajstić information content (AvgIpc) is 3.54. The van der Waals surface area contributed by atoms with Crippen molar-refractivity contribution in [2.45, 2.75) is 53.9 Å².